The van der Waals surface area contributed by atoms with Crippen molar-refractivity contribution in [1.29, 1.82) is 0 Å². The average molecular weight is 485 g/mol. The molecule has 8 nitrogen and oxygen atoms in total. The van der Waals surface area contributed by atoms with E-state index in [1.165, 1.54) is 6.33 Å². The number of benzene rings is 2. The first-order chi connectivity index (χ1) is 16.0. The van der Waals surface area contributed by atoms with Gasteiger partial charge in [0.05, 0.1) is 28.6 Å². The van der Waals surface area contributed by atoms with Crippen LogP contribution in [-0.4, -0.2) is 39.9 Å². The highest BCUT2D eigenvalue weighted by molar-refractivity contribution is 6.42. The topological polar surface area (TPSA) is 100 Å². The van der Waals surface area contributed by atoms with E-state index >= 15 is 0 Å². The number of nitrogens with two attached hydrogens (primary N) is 1. The molecule has 1 fully saturated rings. The molecule has 1 saturated heterocycles. The van der Waals surface area contributed by atoms with Crippen LogP contribution >= 0.6 is 23.2 Å². The predicted octanol–water partition coefficient (Wildman–Crippen LogP) is 5.11. The van der Waals surface area contributed by atoms with E-state index in [4.69, 9.17) is 43.5 Å². The van der Waals surface area contributed by atoms with Crippen molar-refractivity contribution < 1.29 is 9.47 Å². The van der Waals surface area contributed by atoms with Crippen LogP contribution in [0.3, 0.4) is 0 Å². The second-order valence-electron chi connectivity index (χ2n) is 7.79. The number of hydrogen-bond acceptors (Lipinski definition) is 7. The Hall–Kier alpha value is -3.07. The second-order valence-corrected chi connectivity index (χ2v) is 8.61. The van der Waals surface area contributed by atoms with Crippen LogP contribution in [0.1, 0.15) is 18.9 Å². The zero-order valence-corrected chi connectivity index (χ0v) is 19.4. The van der Waals surface area contributed by atoms with E-state index in [0.29, 0.717) is 38.8 Å². The van der Waals surface area contributed by atoms with Crippen molar-refractivity contribution in [3.8, 4) is 28.5 Å². The first-order valence-corrected chi connectivity index (χ1v) is 11.3. The fourth-order valence-corrected chi connectivity index (χ4v) is 4.35. The first-order valence-electron chi connectivity index (χ1n) is 10.6. The molecule has 4 aromatic rings. The van der Waals surface area contributed by atoms with E-state index in [0.717, 1.165) is 42.5 Å². The minimum atomic E-state index is 0.198. The summed E-state index contributed by atoms with van der Waals surface area (Å²) in [5.41, 5.74) is 8.51. The molecule has 1 aliphatic rings. The van der Waals surface area contributed by atoms with Crippen LogP contribution in [0.2, 0.25) is 10.0 Å². The summed E-state index contributed by atoms with van der Waals surface area (Å²) in [7, 11) is 1.59. The third-order valence-corrected chi connectivity index (χ3v) is 6.43. The highest BCUT2D eigenvalue weighted by Crippen LogP contribution is 2.39. The Labute approximate surface area is 200 Å². The molecule has 0 bridgehead atoms. The van der Waals surface area contributed by atoms with Gasteiger partial charge in [-0.05, 0) is 49.7 Å². The van der Waals surface area contributed by atoms with Crippen molar-refractivity contribution in [2.24, 2.45) is 0 Å². The zero-order chi connectivity index (χ0) is 22.9. The first kappa shape index (κ1) is 21.8. The van der Waals surface area contributed by atoms with Crippen molar-refractivity contribution in [2.75, 3.05) is 25.9 Å². The number of halogens is 2. The van der Waals surface area contributed by atoms with Crippen LogP contribution in [0.25, 0.3) is 22.3 Å². The molecule has 0 spiro atoms. The summed E-state index contributed by atoms with van der Waals surface area (Å²) in [4.78, 5) is 8.70. The van der Waals surface area contributed by atoms with Gasteiger partial charge in [0.25, 0.3) is 0 Å². The summed E-state index contributed by atoms with van der Waals surface area (Å²) in [6, 6.07) is 10.9. The number of nitrogens with zero attached hydrogens (tertiary/aromatic N) is 4. The predicted molar refractivity (Wildman–Crippen MR) is 129 cm³/mol. The molecule has 3 heterocycles. The van der Waals surface area contributed by atoms with Crippen molar-refractivity contribution in [2.45, 2.75) is 18.9 Å². The Morgan fingerprint density at radius 2 is 1.97 bits per heavy atom. The van der Waals surface area contributed by atoms with Crippen LogP contribution in [0.15, 0.2) is 42.7 Å². The number of fused-ring (bicyclic) bond motifs is 1. The van der Waals surface area contributed by atoms with Gasteiger partial charge in [-0.15, -0.1) is 0 Å². The number of piperidine rings is 1. The molecule has 0 aliphatic carbocycles. The summed E-state index contributed by atoms with van der Waals surface area (Å²) in [6.45, 7) is 1.84. The van der Waals surface area contributed by atoms with Gasteiger partial charge in [-0.3, -0.25) is 0 Å². The van der Waals surface area contributed by atoms with Gasteiger partial charge in [-0.25, -0.2) is 14.6 Å². The van der Waals surface area contributed by atoms with Crippen molar-refractivity contribution in [1.82, 2.24) is 25.1 Å². The Morgan fingerprint density at radius 3 is 2.73 bits per heavy atom. The molecule has 2 aromatic carbocycles. The van der Waals surface area contributed by atoms with Crippen molar-refractivity contribution >= 4 is 40.1 Å². The van der Waals surface area contributed by atoms with Gasteiger partial charge in [0, 0.05) is 18.2 Å². The quantitative estimate of drug-likeness (QED) is 0.405. The third-order valence-electron chi connectivity index (χ3n) is 5.69. The number of nitrogen functional groups attached to an aromatic ring is 1. The average Bonchev–Trinajstić information content (AvgIpc) is 3.23. The largest absolute Gasteiger partial charge is 0.493 e. The molecule has 33 heavy (non-hydrogen) atoms. The smallest absolute Gasteiger partial charge is 0.169 e. The van der Waals surface area contributed by atoms with Crippen LogP contribution in [-0.2, 0) is 0 Å². The number of rotatable bonds is 5. The number of ether oxygens (including phenoxy) is 2. The summed E-state index contributed by atoms with van der Waals surface area (Å²) < 4.78 is 13.6. The molecule has 5 rings (SSSR count). The van der Waals surface area contributed by atoms with E-state index in [1.807, 2.05) is 22.9 Å². The van der Waals surface area contributed by atoms with E-state index < -0.39 is 0 Å². The number of nitrogens with one attached hydrogen (secondary N) is 1. The van der Waals surface area contributed by atoms with Gasteiger partial charge in [0.15, 0.2) is 17.1 Å². The molecular formula is C23H22Cl2N6O2. The maximum atomic E-state index is 6.27. The molecule has 0 radical (unpaired) electrons. The minimum absolute atomic E-state index is 0.198. The summed E-state index contributed by atoms with van der Waals surface area (Å²) in [5, 5.41) is 9.95. The molecule has 3 N–H and O–H groups in total. The van der Waals surface area contributed by atoms with Crippen LogP contribution in [0, 0.1) is 0 Å². The number of methoxy groups -OCH3 is 1. The molecule has 170 valence electrons. The number of anilines is 1. The Morgan fingerprint density at radius 1 is 1.09 bits per heavy atom. The van der Waals surface area contributed by atoms with Crippen LogP contribution < -0.4 is 20.5 Å². The molecule has 0 unspecified atom stereocenters. The molecule has 2 aromatic heterocycles. The second kappa shape index (κ2) is 9.05. The highest BCUT2D eigenvalue weighted by atomic mass is 35.5. The highest BCUT2D eigenvalue weighted by Gasteiger charge is 2.24. The number of hydrogen-bond donors (Lipinski definition) is 2. The van der Waals surface area contributed by atoms with Crippen LogP contribution in [0.4, 0.5) is 5.82 Å². The molecule has 0 amide bonds. The summed E-state index contributed by atoms with van der Waals surface area (Å²) >= 11 is 12.1. The number of aromatic nitrogens is 4. The van der Waals surface area contributed by atoms with E-state index in [2.05, 4.69) is 15.3 Å². The summed E-state index contributed by atoms with van der Waals surface area (Å²) in [5.74, 6) is 2.01. The standard InChI is InChI=1S/C23H22Cl2N6O2/c1-32-19-9-13(4-7-18(19)33-15-5-6-16(24)17(25)10-15)21-20-22(26)28-12-29-23(20)31(30-21)14-3-2-8-27-11-14/h4-7,9-10,12,14,27H,2-3,8,11H2,1H3,(H2,26,28,29)/t14-/m1/s1. The maximum absolute atomic E-state index is 6.27. The Bertz CT molecular complexity index is 1320. The molecule has 1 aliphatic heterocycles. The molecular weight excluding hydrogens is 463 g/mol. The zero-order valence-electron chi connectivity index (χ0n) is 17.9. The lowest BCUT2D eigenvalue weighted by Crippen LogP contribution is -2.32. The van der Waals surface area contributed by atoms with Gasteiger partial charge in [-0.1, -0.05) is 23.2 Å². The van der Waals surface area contributed by atoms with Gasteiger partial charge in [-0.2, -0.15) is 5.10 Å². The lowest BCUT2D eigenvalue weighted by atomic mass is 10.1. The normalized spacial score (nSPS) is 16.2. The molecule has 0 saturated carbocycles. The third kappa shape index (κ3) is 4.17. The molecule has 10 heteroatoms. The monoisotopic (exact) mass is 484 g/mol. The van der Waals surface area contributed by atoms with Crippen molar-refractivity contribution in [3.05, 3.63) is 52.8 Å². The summed E-state index contributed by atoms with van der Waals surface area (Å²) in [6.07, 6.45) is 3.58. The fourth-order valence-electron chi connectivity index (χ4n) is 4.06. The fraction of sp³-hybridized carbons (Fsp3) is 0.261. The van der Waals surface area contributed by atoms with Gasteiger partial charge >= 0.3 is 0 Å². The van der Waals surface area contributed by atoms with E-state index in [1.54, 1.807) is 25.3 Å². The van der Waals surface area contributed by atoms with E-state index in [-0.39, 0.29) is 6.04 Å². The van der Waals surface area contributed by atoms with Crippen molar-refractivity contribution in [3.63, 3.8) is 0 Å². The Balaban J connectivity index is 1.56. The maximum Gasteiger partial charge on any atom is 0.169 e. The van der Waals surface area contributed by atoms with Gasteiger partial charge in [0.1, 0.15) is 23.6 Å². The lowest BCUT2D eigenvalue weighted by Gasteiger charge is -2.23. The lowest BCUT2D eigenvalue weighted by molar-refractivity contribution is 0.354. The Kier molecular flexibility index (Phi) is 5.97. The SMILES string of the molecule is COc1cc(-c2nn([C@@H]3CCCNC3)c3ncnc(N)c23)ccc1Oc1ccc(Cl)c(Cl)c1. The van der Waals surface area contributed by atoms with Gasteiger partial charge in [0.2, 0.25) is 0 Å². The van der Waals surface area contributed by atoms with Gasteiger partial charge < -0.3 is 20.5 Å². The molecule has 1 atom stereocenters. The van der Waals surface area contributed by atoms with E-state index in [9.17, 15) is 0 Å². The van der Waals surface area contributed by atoms with Crippen LogP contribution in [0.5, 0.6) is 17.2 Å². The minimum Gasteiger partial charge on any atom is -0.493 e.